The fraction of sp³-hybridized carbons (Fsp3) is 0. The molecule has 0 aliphatic heterocycles. The summed E-state index contributed by atoms with van der Waals surface area (Å²) in [5, 5.41) is 0. The molecule has 1 aromatic carbocycles. The summed E-state index contributed by atoms with van der Waals surface area (Å²) in [4.78, 5) is 4.19. The minimum atomic E-state index is 0.991. The van der Waals surface area contributed by atoms with Gasteiger partial charge in [-0.25, -0.2) is 4.98 Å². The number of aromatic nitrogens is 1. The first kappa shape index (κ1) is 7.07. The predicted octanol–water partition coefficient (Wildman–Crippen LogP) is 3.04. The number of thiazole rings is 1. The molecule has 0 saturated heterocycles. The van der Waals surface area contributed by atoms with Crippen LogP contribution in [0.15, 0.2) is 23.7 Å². The summed E-state index contributed by atoms with van der Waals surface area (Å²) in [6.45, 7) is 0. The van der Waals surface area contributed by atoms with Crippen molar-refractivity contribution in [3.63, 3.8) is 0 Å². The summed E-state index contributed by atoms with van der Waals surface area (Å²) in [7, 11) is 0. The van der Waals surface area contributed by atoms with E-state index in [9.17, 15) is 0 Å². The normalized spacial score (nSPS) is 10.6. The van der Waals surface area contributed by atoms with E-state index >= 15 is 0 Å². The van der Waals surface area contributed by atoms with Crippen LogP contribution in [0.1, 0.15) is 5.56 Å². The lowest BCUT2D eigenvalue weighted by molar-refractivity contribution is 1.47. The third-order valence-electron chi connectivity index (χ3n) is 1.51. The zero-order chi connectivity index (χ0) is 7.68. The fourth-order valence-corrected chi connectivity index (χ4v) is 1.88. The maximum Gasteiger partial charge on any atom is 0.0859 e. The van der Waals surface area contributed by atoms with Crippen LogP contribution in [-0.2, 0) is 0 Å². The number of halogens is 1. The molecule has 0 unspecified atom stereocenters. The molecule has 0 N–H and O–H groups in total. The summed E-state index contributed by atoms with van der Waals surface area (Å²) >= 11 is 7.23. The lowest BCUT2D eigenvalue weighted by Crippen LogP contribution is -1.76. The summed E-state index contributed by atoms with van der Waals surface area (Å²) in [6, 6.07) is 5.97. The molecule has 1 radical (unpaired) electrons. The molecule has 0 bridgehead atoms. The van der Waals surface area contributed by atoms with Gasteiger partial charge in [-0.05, 0) is 11.6 Å². The zero-order valence-electron chi connectivity index (χ0n) is 5.62. The van der Waals surface area contributed by atoms with E-state index < -0.39 is 0 Å². The van der Waals surface area contributed by atoms with E-state index in [1.54, 1.807) is 17.2 Å². The maximum atomic E-state index is 5.60. The van der Waals surface area contributed by atoms with Gasteiger partial charge in [-0.15, -0.1) is 22.9 Å². The van der Waals surface area contributed by atoms with E-state index in [0.29, 0.717) is 0 Å². The third-order valence-corrected chi connectivity index (χ3v) is 2.54. The van der Waals surface area contributed by atoms with Crippen LogP contribution in [0.25, 0.3) is 10.2 Å². The maximum absolute atomic E-state index is 5.60. The van der Waals surface area contributed by atoms with Crippen LogP contribution in [0.4, 0.5) is 0 Å². The second-order valence-electron chi connectivity index (χ2n) is 2.16. The van der Waals surface area contributed by atoms with Crippen LogP contribution in [0.5, 0.6) is 0 Å². The minimum Gasteiger partial charge on any atom is -0.244 e. The molecule has 2 aromatic rings. The van der Waals surface area contributed by atoms with Gasteiger partial charge in [-0.2, -0.15) is 0 Å². The second-order valence-corrected chi connectivity index (χ2v) is 3.26. The first-order chi connectivity index (χ1) is 5.42. The van der Waals surface area contributed by atoms with E-state index in [0.717, 1.165) is 11.1 Å². The molecule has 1 heterocycles. The molecule has 0 amide bonds. The van der Waals surface area contributed by atoms with Gasteiger partial charge in [0.2, 0.25) is 0 Å². The monoisotopic (exact) mass is 182 g/mol. The van der Waals surface area contributed by atoms with Gasteiger partial charge in [0.25, 0.3) is 0 Å². The van der Waals surface area contributed by atoms with Gasteiger partial charge >= 0.3 is 0 Å². The van der Waals surface area contributed by atoms with Gasteiger partial charge in [-0.1, -0.05) is 12.1 Å². The van der Waals surface area contributed by atoms with Crippen LogP contribution in [0, 0.1) is 5.88 Å². The van der Waals surface area contributed by atoms with Crippen LogP contribution >= 0.6 is 22.9 Å². The number of nitrogens with zero attached hydrogens (tertiary/aromatic N) is 1. The molecule has 0 atom stereocenters. The molecule has 1 nitrogen and oxygen atoms in total. The third kappa shape index (κ3) is 1.12. The van der Waals surface area contributed by atoms with Gasteiger partial charge in [-0.3, -0.25) is 0 Å². The predicted molar refractivity (Wildman–Crippen MR) is 48.9 cm³/mol. The first-order valence-corrected chi connectivity index (χ1v) is 4.49. The molecule has 11 heavy (non-hydrogen) atoms. The van der Waals surface area contributed by atoms with Crippen molar-refractivity contribution < 1.29 is 0 Å². The summed E-state index contributed by atoms with van der Waals surface area (Å²) < 4.78 is 1.18. The highest BCUT2D eigenvalue weighted by Crippen LogP contribution is 2.22. The number of fused-ring (bicyclic) bond motifs is 1. The molecule has 2 rings (SSSR count). The highest BCUT2D eigenvalue weighted by molar-refractivity contribution is 7.16. The topological polar surface area (TPSA) is 12.9 Å². The van der Waals surface area contributed by atoms with E-state index in [4.69, 9.17) is 11.6 Å². The number of hydrogen-bond donors (Lipinski definition) is 0. The smallest absolute Gasteiger partial charge is 0.0859 e. The highest BCUT2D eigenvalue weighted by Gasteiger charge is 2.00. The quantitative estimate of drug-likeness (QED) is 0.661. The summed E-state index contributed by atoms with van der Waals surface area (Å²) in [6.07, 6.45) is 0. The average molecular weight is 183 g/mol. The molecule has 3 heteroatoms. The van der Waals surface area contributed by atoms with Gasteiger partial charge in [0.15, 0.2) is 0 Å². The van der Waals surface area contributed by atoms with Gasteiger partial charge in [0, 0.05) is 0 Å². The van der Waals surface area contributed by atoms with Crippen molar-refractivity contribution in [3.05, 3.63) is 35.2 Å². The Morgan fingerprint density at radius 2 is 2.36 bits per heavy atom. The van der Waals surface area contributed by atoms with E-state index in [2.05, 4.69) is 4.98 Å². The van der Waals surface area contributed by atoms with Crippen LogP contribution in [0.2, 0.25) is 0 Å². The molecular formula is C8H5ClNS. The molecular weight excluding hydrogens is 178 g/mol. The van der Waals surface area contributed by atoms with E-state index in [-0.39, 0.29) is 0 Å². The number of benzene rings is 1. The Morgan fingerprint density at radius 3 is 3.18 bits per heavy atom. The number of para-hydroxylation sites is 1. The van der Waals surface area contributed by atoms with Gasteiger partial charge in [0.05, 0.1) is 21.6 Å². The average Bonchev–Trinajstić information content (AvgIpc) is 2.50. The summed E-state index contributed by atoms with van der Waals surface area (Å²) in [5.74, 6) is 1.56. The van der Waals surface area contributed by atoms with Crippen molar-refractivity contribution in [1.29, 1.82) is 0 Å². The highest BCUT2D eigenvalue weighted by atomic mass is 35.5. The van der Waals surface area contributed by atoms with Gasteiger partial charge in [0.1, 0.15) is 0 Å². The molecule has 0 fully saturated rings. The largest absolute Gasteiger partial charge is 0.244 e. The van der Waals surface area contributed by atoms with Crippen LogP contribution in [-0.4, -0.2) is 4.98 Å². The molecule has 1 aromatic heterocycles. The van der Waals surface area contributed by atoms with Crippen LogP contribution < -0.4 is 0 Å². The molecule has 0 aliphatic rings. The lowest BCUT2D eigenvalue weighted by Gasteiger charge is -1.93. The Bertz CT molecular complexity index is 369. The molecule has 0 saturated carbocycles. The van der Waals surface area contributed by atoms with Crippen molar-refractivity contribution >= 4 is 33.2 Å². The Hall–Kier alpha value is -0.600. The van der Waals surface area contributed by atoms with E-state index in [1.807, 2.05) is 23.7 Å². The molecule has 55 valence electrons. The van der Waals surface area contributed by atoms with Crippen molar-refractivity contribution in [2.75, 3.05) is 0 Å². The van der Waals surface area contributed by atoms with E-state index in [1.165, 1.54) is 4.70 Å². The van der Waals surface area contributed by atoms with Crippen molar-refractivity contribution in [2.24, 2.45) is 0 Å². The molecule has 0 aliphatic carbocycles. The Morgan fingerprint density at radius 1 is 1.45 bits per heavy atom. The standard InChI is InChI=1S/C8H5ClNS/c9-4-6-2-1-3-7-8(6)10-5-11-7/h1-5H. The Kier molecular flexibility index (Phi) is 1.80. The molecule has 0 spiro atoms. The summed E-state index contributed by atoms with van der Waals surface area (Å²) in [5.41, 5.74) is 3.81. The Labute approximate surface area is 73.6 Å². The lowest BCUT2D eigenvalue weighted by atomic mass is 10.2. The van der Waals surface area contributed by atoms with Crippen LogP contribution in [0.3, 0.4) is 0 Å². The fourth-order valence-electron chi connectivity index (χ4n) is 0.996. The SMILES string of the molecule is Cl[CH]c1cccc2scnc12. The number of hydrogen-bond acceptors (Lipinski definition) is 2. The first-order valence-electron chi connectivity index (χ1n) is 3.17. The zero-order valence-corrected chi connectivity index (χ0v) is 7.19. The van der Waals surface area contributed by atoms with Crippen molar-refractivity contribution in [1.82, 2.24) is 4.98 Å². The Balaban J connectivity index is 2.79. The van der Waals surface area contributed by atoms with Gasteiger partial charge < -0.3 is 0 Å². The van der Waals surface area contributed by atoms with Crippen molar-refractivity contribution in [3.8, 4) is 0 Å². The number of rotatable bonds is 1. The second kappa shape index (κ2) is 2.80. The minimum absolute atomic E-state index is 0.991. The van der Waals surface area contributed by atoms with Crippen molar-refractivity contribution in [2.45, 2.75) is 0 Å².